The number of fused-ring (bicyclic) bond motifs is 1. The molecule has 0 saturated carbocycles. The van der Waals surface area contributed by atoms with Crippen LogP contribution in [-0.4, -0.2) is 5.11 Å². The molecule has 1 unspecified atom stereocenters. The maximum absolute atomic E-state index is 13.6. The van der Waals surface area contributed by atoms with Crippen LogP contribution in [0.5, 0.6) is 0 Å². The fourth-order valence-electron chi connectivity index (χ4n) is 2.31. The molecule has 5 heteroatoms. The largest absolute Gasteiger partial charge is 0.388 e. The van der Waals surface area contributed by atoms with E-state index < -0.39 is 17.7 Å². The van der Waals surface area contributed by atoms with Gasteiger partial charge in [0, 0.05) is 11.1 Å². The molecular formula is C16H11BrF2OS. The fourth-order valence-corrected chi connectivity index (χ4v) is 3.87. The van der Waals surface area contributed by atoms with Gasteiger partial charge in [0.05, 0.1) is 10.6 Å². The summed E-state index contributed by atoms with van der Waals surface area (Å²) in [6, 6.07) is 10.4. The summed E-state index contributed by atoms with van der Waals surface area (Å²) >= 11 is 4.62. The molecule has 0 aliphatic heterocycles. The first-order valence-electron chi connectivity index (χ1n) is 6.34. The lowest BCUT2D eigenvalue weighted by Crippen LogP contribution is -2.04. The zero-order valence-electron chi connectivity index (χ0n) is 10.8. The first kappa shape index (κ1) is 14.6. The minimum Gasteiger partial charge on any atom is -0.388 e. The minimum atomic E-state index is -0.971. The number of rotatable bonds is 3. The van der Waals surface area contributed by atoms with Crippen molar-refractivity contribution >= 4 is 37.4 Å². The Morgan fingerprint density at radius 1 is 1.14 bits per heavy atom. The van der Waals surface area contributed by atoms with Gasteiger partial charge < -0.3 is 5.11 Å². The first-order chi connectivity index (χ1) is 10.1. The van der Waals surface area contributed by atoms with Crippen molar-refractivity contribution in [2.24, 2.45) is 0 Å². The van der Waals surface area contributed by atoms with Gasteiger partial charge in [-0.3, -0.25) is 0 Å². The van der Waals surface area contributed by atoms with Crippen LogP contribution in [0.25, 0.3) is 10.1 Å². The van der Waals surface area contributed by atoms with E-state index in [1.165, 1.54) is 6.07 Å². The maximum atomic E-state index is 13.6. The SMILES string of the molecule is OC(Cc1csc2ccccc12)c1ccc(F)c(F)c1Br. The zero-order chi connectivity index (χ0) is 15.0. The third-order valence-corrected chi connectivity index (χ3v) is 5.22. The van der Waals surface area contributed by atoms with Gasteiger partial charge >= 0.3 is 0 Å². The summed E-state index contributed by atoms with van der Waals surface area (Å²) < 4.78 is 27.8. The highest BCUT2D eigenvalue weighted by molar-refractivity contribution is 9.10. The zero-order valence-corrected chi connectivity index (χ0v) is 13.2. The summed E-state index contributed by atoms with van der Waals surface area (Å²) in [6.07, 6.45) is -0.541. The van der Waals surface area contributed by atoms with E-state index in [1.54, 1.807) is 11.3 Å². The number of aliphatic hydroxyl groups is 1. The number of thiophene rings is 1. The molecule has 1 nitrogen and oxygen atoms in total. The van der Waals surface area contributed by atoms with Crippen molar-refractivity contribution in [2.75, 3.05) is 0 Å². The Hall–Kier alpha value is -1.30. The third kappa shape index (κ3) is 2.73. The molecular weight excluding hydrogens is 358 g/mol. The molecule has 108 valence electrons. The Bertz CT molecular complexity index is 800. The third-order valence-electron chi connectivity index (χ3n) is 3.40. The second-order valence-corrected chi connectivity index (χ2v) is 6.45. The van der Waals surface area contributed by atoms with E-state index in [0.717, 1.165) is 21.7 Å². The van der Waals surface area contributed by atoms with Gasteiger partial charge in [0.25, 0.3) is 0 Å². The maximum Gasteiger partial charge on any atom is 0.173 e. The van der Waals surface area contributed by atoms with Crippen LogP contribution in [0.3, 0.4) is 0 Å². The molecule has 0 saturated heterocycles. The van der Waals surface area contributed by atoms with Crippen molar-refractivity contribution < 1.29 is 13.9 Å². The average Bonchev–Trinajstić information content (AvgIpc) is 2.88. The summed E-state index contributed by atoms with van der Waals surface area (Å²) in [4.78, 5) is 0. The van der Waals surface area contributed by atoms with Crippen LogP contribution < -0.4 is 0 Å². The second-order valence-electron chi connectivity index (χ2n) is 4.74. The molecule has 0 amide bonds. The molecule has 3 rings (SSSR count). The predicted molar refractivity (Wildman–Crippen MR) is 84.5 cm³/mol. The molecule has 0 radical (unpaired) electrons. The molecule has 1 aromatic heterocycles. The van der Waals surface area contributed by atoms with Crippen LogP contribution in [-0.2, 0) is 6.42 Å². The Kier molecular flexibility index (Phi) is 4.06. The molecule has 2 aromatic carbocycles. The van der Waals surface area contributed by atoms with Crippen molar-refractivity contribution in [3.63, 3.8) is 0 Å². The topological polar surface area (TPSA) is 20.2 Å². The fraction of sp³-hybridized carbons (Fsp3) is 0.125. The summed E-state index contributed by atoms with van der Waals surface area (Å²) in [5, 5.41) is 13.4. The Morgan fingerprint density at radius 3 is 2.71 bits per heavy atom. The first-order valence-corrected chi connectivity index (χ1v) is 8.01. The lowest BCUT2D eigenvalue weighted by Gasteiger charge is -2.13. The smallest absolute Gasteiger partial charge is 0.173 e. The average molecular weight is 369 g/mol. The van der Waals surface area contributed by atoms with Gasteiger partial charge in [-0.25, -0.2) is 8.78 Å². The van der Waals surface area contributed by atoms with Gasteiger partial charge in [0.15, 0.2) is 11.6 Å². The molecule has 1 atom stereocenters. The highest BCUT2D eigenvalue weighted by Crippen LogP contribution is 2.33. The van der Waals surface area contributed by atoms with Crippen LogP contribution in [0.2, 0.25) is 0 Å². The monoisotopic (exact) mass is 368 g/mol. The molecule has 0 aliphatic rings. The van der Waals surface area contributed by atoms with Gasteiger partial charge in [0.1, 0.15) is 0 Å². The van der Waals surface area contributed by atoms with Crippen molar-refractivity contribution in [2.45, 2.75) is 12.5 Å². The number of hydrogen-bond donors (Lipinski definition) is 1. The summed E-state index contributed by atoms with van der Waals surface area (Å²) in [7, 11) is 0. The van der Waals surface area contributed by atoms with E-state index in [0.29, 0.717) is 12.0 Å². The molecule has 0 aliphatic carbocycles. The summed E-state index contributed by atoms with van der Waals surface area (Å²) in [5.41, 5.74) is 1.35. The van der Waals surface area contributed by atoms with Gasteiger partial charge in [-0.2, -0.15) is 0 Å². The molecule has 1 heterocycles. The Morgan fingerprint density at radius 2 is 1.90 bits per heavy atom. The highest BCUT2D eigenvalue weighted by Gasteiger charge is 2.18. The summed E-state index contributed by atoms with van der Waals surface area (Å²) in [6.45, 7) is 0. The van der Waals surface area contributed by atoms with Crippen LogP contribution in [0.1, 0.15) is 17.2 Å². The molecule has 0 fully saturated rings. The van der Waals surface area contributed by atoms with Gasteiger partial charge in [-0.15, -0.1) is 11.3 Å². The minimum absolute atomic E-state index is 0.0189. The van der Waals surface area contributed by atoms with Crippen molar-refractivity contribution in [1.29, 1.82) is 0 Å². The van der Waals surface area contributed by atoms with Crippen molar-refractivity contribution in [3.8, 4) is 0 Å². The van der Waals surface area contributed by atoms with Crippen LogP contribution in [0.4, 0.5) is 8.78 Å². The summed E-state index contributed by atoms with van der Waals surface area (Å²) in [5.74, 6) is -1.90. The van der Waals surface area contributed by atoms with Gasteiger partial charge in [-0.05, 0) is 50.0 Å². The Labute approximate surface area is 133 Å². The predicted octanol–water partition coefficient (Wildman–Crippen LogP) is 5.22. The molecule has 3 aromatic rings. The van der Waals surface area contributed by atoms with E-state index in [1.807, 2.05) is 29.6 Å². The van der Waals surface area contributed by atoms with Crippen LogP contribution >= 0.6 is 27.3 Å². The quantitative estimate of drug-likeness (QED) is 0.628. The number of hydrogen-bond acceptors (Lipinski definition) is 2. The highest BCUT2D eigenvalue weighted by atomic mass is 79.9. The van der Waals surface area contributed by atoms with E-state index in [-0.39, 0.29) is 4.47 Å². The lowest BCUT2D eigenvalue weighted by molar-refractivity contribution is 0.177. The normalized spacial score (nSPS) is 12.8. The molecule has 21 heavy (non-hydrogen) atoms. The van der Waals surface area contributed by atoms with Crippen molar-refractivity contribution in [3.05, 3.63) is 69.0 Å². The number of benzene rings is 2. The second kappa shape index (κ2) is 5.83. The molecule has 1 N–H and O–H groups in total. The number of halogens is 3. The van der Waals surface area contributed by atoms with Crippen molar-refractivity contribution in [1.82, 2.24) is 0 Å². The molecule has 0 bridgehead atoms. The van der Waals surface area contributed by atoms with E-state index in [9.17, 15) is 13.9 Å². The van der Waals surface area contributed by atoms with Gasteiger partial charge in [-0.1, -0.05) is 24.3 Å². The van der Waals surface area contributed by atoms with Gasteiger partial charge in [0.2, 0.25) is 0 Å². The van der Waals surface area contributed by atoms with E-state index in [4.69, 9.17) is 0 Å². The Balaban J connectivity index is 1.93. The van der Waals surface area contributed by atoms with Crippen LogP contribution in [0.15, 0.2) is 46.3 Å². The number of aliphatic hydroxyl groups excluding tert-OH is 1. The van der Waals surface area contributed by atoms with E-state index in [2.05, 4.69) is 15.9 Å². The standard InChI is InChI=1S/C16H11BrF2OS/c17-15-11(5-6-12(18)16(15)19)13(20)7-9-8-21-14-4-2-1-3-10(9)14/h1-6,8,13,20H,7H2. The lowest BCUT2D eigenvalue weighted by atomic mass is 10.0. The van der Waals surface area contributed by atoms with Crippen LogP contribution in [0, 0.1) is 11.6 Å². The molecule has 0 spiro atoms. The van der Waals surface area contributed by atoms with E-state index >= 15 is 0 Å².